The fourth-order valence-electron chi connectivity index (χ4n) is 1.10. The molecule has 70 valence electrons. The molecule has 0 aromatic heterocycles. The standard InChI is InChI=1S/C8H9O4P/c1-6-3-4-7-8(5-6)12-13(9,10-2)11-7/h3-5H,1-2H3. The molecule has 0 saturated heterocycles. The lowest BCUT2D eigenvalue weighted by atomic mass is 10.2. The predicted molar refractivity (Wildman–Crippen MR) is 47.1 cm³/mol. The lowest BCUT2D eigenvalue weighted by Gasteiger charge is -2.04. The molecule has 0 aliphatic carbocycles. The van der Waals surface area contributed by atoms with Crippen LogP contribution in [0, 0.1) is 6.92 Å². The fourth-order valence-corrected chi connectivity index (χ4v) is 2.06. The first-order valence-corrected chi connectivity index (χ1v) is 5.25. The molecule has 1 atom stereocenters. The van der Waals surface area contributed by atoms with Crippen molar-refractivity contribution in [1.82, 2.24) is 0 Å². The van der Waals surface area contributed by atoms with E-state index in [0.29, 0.717) is 11.5 Å². The summed E-state index contributed by atoms with van der Waals surface area (Å²) in [5.41, 5.74) is 1.02. The van der Waals surface area contributed by atoms with E-state index in [2.05, 4.69) is 4.52 Å². The fraction of sp³-hybridized carbons (Fsp3) is 0.250. The Morgan fingerprint density at radius 1 is 1.31 bits per heavy atom. The van der Waals surface area contributed by atoms with Crippen molar-refractivity contribution >= 4 is 7.82 Å². The summed E-state index contributed by atoms with van der Waals surface area (Å²) < 4.78 is 26.2. The molecule has 5 heteroatoms. The average Bonchev–Trinajstić information content (AvgIpc) is 2.42. The summed E-state index contributed by atoms with van der Waals surface area (Å²) >= 11 is 0. The van der Waals surface area contributed by atoms with Crippen molar-refractivity contribution in [3.63, 3.8) is 0 Å². The van der Waals surface area contributed by atoms with Crippen molar-refractivity contribution in [2.24, 2.45) is 0 Å². The highest BCUT2D eigenvalue weighted by Crippen LogP contribution is 2.58. The third-order valence-corrected chi connectivity index (χ3v) is 3.03. The molecular weight excluding hydrogens is 191 g/mol. The number of aryl methyl sites for hydroxylation is 1. The highest BCUT2D eigenvalue weighted by Gasteiger charge is 2.37. The molecule has 1 aromatic carbocycles. The molecule has 0 radical (unpaired) electrons. The molecule has 0 spiro atoms. The van der Waals surface area contributed by atoms with Crippen molar-refractivity contribution in [3.05, 3.63) is 23.8 Å². The Kier molecular flexibility index (Phi) is 1.82. The Morgan fingerprint density at radius 2 is 2.00 bits per heavy atom. The maximum Gasteiger partial charge on any atom is 0.587 e. The summed E-state index contributed by atoms with van der Waals surface area (Å²) in [6.45, 7) is 1.92. The van der Waals surface area contributed by atoms with Gasteiger partial charge in [0.05, 0.1) is 0 Å². The van der Waals surface area contributed by atoms with Gasteiger partial charge in [0, 0.05) is 7.11 Å². The van der Waals surface area contributed by atoms with Crippen LogP contribution in [0.5, 0.6) is 11.5 Å². The van der Waals surface area contributed by atoms with E-state index in [9.17, 15) is 4.57 Å². The van der Waals surface area contributed by atoms with Crippen LogP contribution in [0.4, 0.5) is 0 Å². The molecule has 13 heavy (non-hydrogen) atoms. The van der Waals surface area contributed by atoms with Crippen molar-refractivity contribution in [2.75, 3.05) is 7.11 Å². The van der Waals surface area contributed by atoms with Gasteiger partial charge in [-0.25, -0.2) is 4.57 Å². The van der Waals surface area contributed by atoms with Crippen molar-refractivity contribution < 1.29 is 18.1 Å². The van der Waals surface area contributed by atoms with Crippen LogP contribution in [0.1, 0.15) is 5.56 Å². The van der Waals surface area contributed by atoms with Crippen LogP contribution in [-0.2, 0) is 9.09 Å². The highest BCUT2D eigenvalue weighted by atomic mass is 31.2. The lowest BCUT2D eigenvalue weighted by Crippen LogP contribution is -1.92. The number of rotatable bonds is 1. The van der Waals surface area contributed by atoms with E-state index >= 15 is 0 Å². The molecule has 0 amide bonds. The van der Waals surface area contributed by atoms with Crippen LogP contribution < -0.4 is 9.05 Å². The summed E-state index contributed by atoms with van der Waals surface area (Å²) in [6.07, 6.45) is 0. The Balaban J connectivity index is 2.41. The summed E-state index contributed by atoms with van der Waals surface area (Å²) in [6, 6.07) is 5.32. The van der Waals surface area contributed by atoms with Crippen LogP contribution in [0.2, 0.25) is 0 Å². The van der Waals surface area contributed by atoms with Gasteiger partial charge in [-0.1, -0.05) is 6.07 Å². The SMILES string of the molecule is COP1(=O)Oc2ccc(C)cc2O1. The van der Waals surface area contributed by atoms with Crippen LogP contribution >= 0.6 is 7.82 Å². The van der Waals surface area contributed by atoms with Gasteiger partial charge in [0.15, 0.2) is 11.5 Å². The molecule has 1 aromatic rings. The van der Waals surface area contributed by atoms with Gasteiger partial charge in [-0.2, -0.15) is 0 Å². The normalized spacial score (nSPS) is 24.8. The molecule has 0 bridgehead atoms. The minimum atomic E-state index is -3.35. The van der Waals surface area contributed by atoms with E-state index in [1.54, 1.807) is 12.1 Å². The summed E-state index contributed by atoms with van der Waals surface area (Å²) in [5.74, 6) is 0.945. The van der Waals surface area contributed by atoms with E-state index in [1.807, 2.05) is 13.0 Å². The molecule has 1 heterocycles. The molecule has 1 aliphatic rings. The Labute approximate surface area is 76.0 Å². The van der Waals surface area contributed by atoms with Crippen molar-refractivity contribution in [1.29, 1.82) is 0 Å². The molecular formula is C8H9O4P. The van der Waals surface area contributed by atoms with Gasteiger partial charge in [-0.3, -0.25) is 4.52 Å². The van der Waals surface area contributed by atoms with Gasteiger partial charge < -0.3 is 9.05 Å². The van der Waals surface area contributed by atoms with E-state index in [0.717, 1.165) is 5.56 Å². The number of phosphoric ester groups is 1. The Hall–Kier alpha value is -0.990. The third-order valence-electron chi connectivity index (χ3n) is 1.74. The maximum atomic E-state index is 11.5. The number of phosphoric acid groups is 1. The zero-order valence-corrected chi connectivity index (χ0v) is 8.21. The third kappa shape index (κ3) is 1.43. The van der Waals surface area contributed by atoms with Gasteiger partial charge in [-0.15, -0.1) is 0 Å². The second-order valence-electron chi connectivity index (χ2n) is 2.76. The predicted octanol–water partition coefficient (Wildman–Crippen LogP) is 2.52. The zero-order chi connectivity index (χ0) is 9.47. The van der Waals surface area contributed by atoms with E-state index in [1.165, 1.54) is 7.11 Å². The molecule has 0 fully saturated rings. The van der Waals surface area contributed by atoms with Gasteiger partial charge in [0.2, 0.25) is 0 Å². The van der Waals surface area contributed by atoms with Gasteiger partial charge in [-0.05, 0) is 24.6 Å². The van der Waals surface area contributed by atoms with Gasteiger partial charge >= 0.3 is 7.82 Å². The second kappa shape index (κ2) is 2.76. The topological polar surface area (TPSA) is 44.8 Å². The number of fused-ring (bicyclic) bond motifs is 1. The van der Waals surface area contributed by atoms with Crippen LogP contribution in [-0.4, -0.2) is 7.11 Å². The summed E-state index contributed by atoms with van der Waals surface area (Å²) in [7, 11) is -2.06. The molecule has 4 nitrogen and oxygen atoms in total. The smallest absolute Gasteiger partial charge is 0.391 e. The molecule has 1 aliphatic heterocycles. The molecule has 1 unspecified atom stereocenters. The highest BCUT2D eigenvalue weighted by molar-refractivity contribution is 7.49. The van der Waals surface area contributed by atoms with Crippen LogP contribution in [0.25, 0.3) is 0 Å². The van der Waals surface area contributed by atoms with Gasteiger partial charge in [0.25, 0.3) is 0 Å². The lowest BCUT2D eigenvalue weighted by molar-refractivity contribution is 0.275. The zero-order valence-electron chi connectivity index (χ0n) is 7.31. The van der Waals surface area contributed by atoms with Gasteiger partial charge in [0.1, 0.15) is 0 Å². The van der Waals surface area contributed by atoms with E-state index in [4.69, 9.17) is 9.05 Å². The van der Waals surface area contributed by atoms with Crippen molar-refractivity contribution in [2.45, 2.75) is 6.92 Å². The number of hydrogen-bond donors (Lipinski definition) is 0. The van der Waals surface area contributed by atoms with E-state index < -0.39 is 7.82 Å². The average molecular weight is 200 g/mol. The summed E-state index contributed by atoms with van der Waals surface area (Å²) in [4.78, 5) is 0. The molecule has 0 saturated carbocycles. The molecule has 2 rings (SSSR count). The first-order valence-electron chi connectivity index (χ1n) is 3.78. The minimum absolute atomic E-state index is 0.468. The number of benzene rings is 1. The Morgan fingerprint density at radius 3 is 2.69 bits per heavy atom. The first-order chi connectivity index (χ1) is 6.13. The monoisotopic (exact) mass is 200 g/mol. The molecule has 0 N–H and O–H groups in total. The van der Waals surface area contributed by atoms with Crippen LogP contribution in [0.15, 0.2) is 18.2 Å². The minimum Gasteiger partial charge on any atom is -0.391 e. The maximum absolute atomic E-state index is 11.5. The van der Waals surface area contributed by atoms with E-state index in [-0.39, 0.29) is 0 Å². The Bertz CT molecular complexity index is 388. The number of hydrogen-bond acceptors (Lipinski definition) is 4. The van der Waals surface area contributed by atoms with Crippen molar-refractivity contribution in [3.8, 4) is 11.5 Å². The quantitative estimate of drug-likeness (QED) is 0.653. The second-order valence-corrected chi connectivity index (χ2v) is 4.39. The first kappa shape index (κ1) is 8.60. The van der Waals surface area contributed by atoms with Crippen LogP contribution in [0.3, 0.4) is 0 Å². The largest absolute Gasteiger partial charge is 0.587 e. The summed E-state index contributed by atoms with van der Waals surface area (Å²) in [5, 5.41) is 0.